The standard InChI is InChI=1S/C14H17BrFN3/c1-2-4-17-9-14-3-5-19(18-14)10-11-6-12(15)8-13(16)7-11/h3,5-8,17H,2,4,9-10H2,1H3. The molecule has 1 N–H and O–H groups in total. The third-order valence-electron chi connectivity index (χ3n) is 2.70. The number of hydrogen-bond donors (Lipinski definition) is 1. The Morgan fingerprint density at radius 1 is 1.37 bits per heavy atom. The van der Waals surface area contributed by atoms with E-state index in [1.165, 1.54) is 12.1 Å². The van der Waals surface area contributed by atoms with Gasteiger partial charge in [-0.25, -0.2) is 4.39 Å². The van der Waals surface area contributed by atoms with Gasteiger partial charge in [-0.1, -0.05) is 22.9 Å². The van der Waals surface area contributed by atoms with E-state index >= 15 is 0 Å². The van der Waals surface area contributed by atoms with E-state index in [4.69, 9.17) is 0 Å². The lowest BCUT2D eigenvalue weighted by atomic mass is 10.2. The van der Waals surface area contributed by atoms with Crippen molar-refractivity contribution in [3.63, 3.8) is 0 Å². The summed E-state index contributed by atoms with van der Waals surface area (Å²) < 4.78 is 15.8. The van der Waals surface area contributed by atoms with E-state index in [0.717, 1.165) is 35.2 Å². The number of hydrogen-bond acceptors (Lipinski definition) is 2. The lowest BCUT2D eigenvalue weighted by Crippen LogP contribution is -2.14. The second-order valence-electron chi connectivity index (χ2n) is 4.46. The van der Waals surface area contributed by atoms with Crippen LogP contribution in [0.4, 0.5) is 4.39 Å². The molecular weight excluding hydrogens is 309 g/mol. The second-order valence-corrected chi connectivity index (χ2v) is 5.37. The Labute approximate surface area is 121 Å². The molecule has 0 aliphatic rings. The molecular formula is C14H17BrFN3. The zero-order valence-corrected chi connectivity index (χ0v) is 12.5. The highest BCUT2D eigenvalue weighted by Gasteiger charge is 2.02. The third-order valence-corrected chi connectivity index (χ3v) is 3.15. The Bertz CT molecular complexity index is 519. The van der Waals surface area contributed by atoms with Crippen LogP contribution < -0.4 is 5.32 Å². The van der Waals surface area contributed by atoms with Gasteiger partial charge >= 0.3 is 0 Å². The van der Waals surface area contributed by atoms with Crippen LogP contribution in [0.25, 0.3) is 0 Å². The van der Waals surface area contributed by atoms with Gasteiger partial charge < -0.3 is 5.32 Å². The fraction of sp³-hybridized carbons (Fsp3) is 0.357. The molecule has 2 aromatic rings. The summed E-state index contributed by atoms with van der Waals surface area (Å²) in [5.41, 5.74) is 1.90. The summed E-state index contributed by atoms with van der Waals surface area (Å²) in [4.78, 5) is 0. The molecule has 1 aromatic carbocycles. The smallest absolute Gasteiger partial charge is 0.124 e. The number of nitrogens with one attached hydrogen (secondary N) is 1. The van der Waals surface area contributed by atoms with Crippen LogP contribution >= 0.6 is 15.9 Å². The number of halogens is 2. The minimum Gasteiger partial charge on any atom is -0.311 e. The summed E-state index contributed by atoms with van der Waals surface area (Å²) in [6, 6.07) is 6.87. The summed E-state index contributed by atoms with van der Waals surface area (Å²) in [5, 5.41) is 7.76. The van der Waals surface area contributed by atoms with Crippen molar-refractivity contribution in [1.29, 1.82) is 0 Å². The van der Waals surface area contributed by atoms with Gasteiger partial charge in [0, 0.05) is 17.2 Å². The lowest BCUT2D eigenvalue weighted by Gasteiger charge is -2.04. The Morgan fingerprint density at radius 2 is 2.21 bits per heavy atom. The summed E-state index contributed by atoms with van der Waals surface area (Å²) in [6.07, 6.45) is 3.03. The van der Waals surface area contributed by atoms with Crippen molar-refractivity contribution in [2.24, 2.45) is 0 Å². The fourth-order valence-corrected chi connectivity index (χ4v) is 2.38. The first-order chi connectivity index (χ1) is 9.17. The van der Waals surface area contributed by atoms with Crippen LogP contribution in [0.2, 0.25) is 0 Å². The Kier molecular flexibility index (Phi) is 5.10. The maximum atomic E-state index is 13.3. The maximum absolute atomic E-state index is 13.3. The lowest BCUT2D eigenvalue weighted by molar-refractivity contribution is 0.611. The Hall–Kier alpha value is -1.20. The molecule has 0 saturated heterocycles. The number of benzene rings is 1. The van der Waals surface area contributed by atoms with Crippen molar-refractivity contribution in [3.8, 4) is 0 Å². The average molecular weight is 326 g/mol. The number of rotatable bonds is 6. The highest BCUT2D eigenvalue weighted by Crippen LogP contribution is 2.15. The molecule has 5 heteroatoms. The Morgan fingerprint density at radius 3 is 2.95 bits per heavy atom. The molecule has 0 spiro atoms. The molecule has 2 rings (SSSR count). The van der Waals surface area contributed by atoms with Crippen LogP contribution in [0.1, 0.15) is 24.6 Å². The summed E-state index contributed by atoms with van der Waals surface area (Å²) in [7, 11) is 0. The Balaban J connectivity index is 1.99. The average Bonchev–Trinajstić information content (AvgIpc) is 2.76. The molecule has 1 aromatic heterocycles. The van der Waals surface area contributed by atoms with Gasteiger partial charge in [-0.05, 0) is 42.8 Å². The van der Waals surface area contributed by atoms with Gasteiger partial charge in [-0.2, -0.15) is 5.10 Å². The zero-order valence-electron chi connectivity index (χ0n) is 10.9. The number of nitrogens with zero attached hydrogens (tertiary/aromatic N) is 2. The van der Waals surface area contributed by atoms with Gasteiger partial charge in [-0.15, -0.1) is 0 Å². The molecule has 0 unspecified atom stereocenters. The van der Waals surface area contributed by atoms with Crippen molar-refractivity contribution in [2.45, 2.75) is 26.4 Å². The van der Waals surface area contributed by atoms with Gasteiger partial charge in [0.05, 0.1) is 12.2 Å². The highest BCUT2D eigenvalue weighted by molar-refractivity contribution is 9.10. The topological polar surface area (TPSA) is 29.9 Å². The second kappa shape index (κ2) is 6.82. The van der Waals surface area contributed by atoms with Crippen LogP contribution in [0.5, 0.6) is 0 Å². The van der Waals surface area contributed by atoms with E-state index in [-0.39, 0.29) is 5.82 Å². The largest absolute Gasteiger partial charge is 0.311 e. The van der Waals surface area contributed by atoms with Gasteiger partial charge in [0.15, 0.2) is 0 Å². The fourth-order valence-electron chi connectivity index (χ4n) is 1.87. The van der Waals surface area contributed by atoms with Gasteiger partial charge in [0.25, 0.3) is 0 Å². The minimum atomic E-state index is -0.235. The first-order valence-corrected chi connectivity index (χ1v) is 7.14. The molecule has 1 heterocycles. The van der Waals surface area contributed by atoms with Crippen LogP contribution in [0, 0.1) is 5.82 Å². The quantitative estimate of drug-likeness (QED) is 0.825. The van der Waals surface area contributed by atoms with E-state index in [1.807, 2.05) is 23.0 Å². The van der Waals surface area contributed by atoms with Crippen molar-refractivity contribution < 1.29 is 4.39 Å². The molecule has 0 bridgehead atoms. The predicted molar refractivity (Wildman–Crippen MR) is 77.4 cm³/mol. The minimum absolute atomic E-state index is 0.235. The van der Waals surface area contributed by atoms with Crippen molar-refractivity contribution in [3.05, 3.63) is 52.0 Å². The molecule has 0 radical (unpaired) electrons. The van der Waals surface area contributed by atoms with E-state index in [1.54, 1.807) is 0 Å². The van der Waals surface area contributed by atoms with Gasteiger partial charge in [-0.3, -0.25) is 4.68 Å². The first-order valence-electron chi connectivity index (χ1n) is 6.35. The molecule has 0 amide bonds. The molecule has 0 aliphatic carbocycles. The summed E-state index contributed by atoms with van der Waals surface area (Å²) in [6.45, 7) is 4.47. The van der Waals surface area contributed by atoms with Crippen LogP contribution in [-0.4, -0.2) is 16.3 Å². The SMILES string of the molecule is CCCNCc1ccn(Cc2cc(F)cc(Br)c2)n1. The molecule has 0 saturated carbocycles. The predicted octanol–water partition coefficient (Wildman–Crippen LogP) is 3.33. The van der Waals surface area contributed by atoms with E-state index in [0.29, 0.717) is 6.54 Å². The summed E-state index contributed by atoms with van der Waals surface area (Å²) in [5.74, 6) is -0.235. The van der Waals surface area contributed by atoms with Crippen LogP contribution in [-0.2, 0) is 13.1 Å². The van der Waals surface area contributed by atoms with E-state index in [2.05, 4.69) is 33.3 Å². The monoisotopic (exact) mass is 325 g/mol. The van der Waals surface area contributed by atoms with Crippen molar-refractivity contribution in [2.75, 3.05) is 6.54 Å². The third kappa shape index (κ3) is 4.44. The zero-order chi connectivity index (χ0) is 13.7. The van der Waals surface area contributed by atoms with Crippen molar-refractivity contribution >= 4 is 15.9 Å². The van der Waals surface area contributed by atoms with Crippen LogP contribution in [0.15, 0.2) is 34.9 Å². The van der Waals surface area contributed by atoms with Crippen molar-refractivity contribution in [1.82, 2.24) is 15.1 Å². The van der Waals surface area contributed by atoms with E-state index in [9.17, 15) is 4.39 Å². The van der Waals surface area contributed by atoms with Gasteiger partial charge in [0.2, 0.25) is 0 Å². The maximum Gasteiger partial charge on any atom is 0.124 e. The van der Waals surface area contributed by atoms with E-state index < -0.39 is 0 Å². The normalized spacial score (nSPS) is 10.9. The molecule has 3 nitrogen and oxygen atoms in total. The molecule has 0 atom stereocenters. The van der Waals surface area contributed by atoms with Gasteiger partial charge in [0.1, 0.15) is 5.82 Å². The first kappa shape index (κ1) is 14.2. The number of aromatic nitrogens is 2. The molecule has 0 fully saturated rings. The molecule has 19 heavy (non-hydrogen) atoms. The highest BCUT2D eigenvalue weighted by atomic mass is 79.9. The molecule has 0 aliphatic heterocycles. The van der Waals surface area contributed by atoms with Crippen LogP contribution in [0.3, 0.4) is 0 Å². The molecule has 102 valence electrons. The summed E-state index contributed by atoms with van der Waals surface area (Å²) >= 11 is 3.29.